The molecule has 0 aliphatic rings. The van der Waals surface area contributed by atoms with Gasteiger partial charge in [0, 0.05) is 24.1 Å². The van der Waals surface area contributed by atoms with Crippen LogP contribution in [-0.2, 0) is 14.3 Å². The van der Waals surface area contributed by atoms with Gasteiger partial charge in [-0.1, -0.05) is 43.2 Å². The van der Waals surface area contributed by atoms with Crippen LogP contribution in [0.1, 0.15) is 45.4 Å². The number of carbonyl (C=O) groups excluding carboxylic acids is 3. The number of rotatable bonds is 11. The summed E-state index contributed by atoms with van der Waals surface area (Å²) in [6, 6.07) is 14.8. The van der Waals surface area contributed by atoms with Gasteiger partial charge in [-0.2, -0.15) is 0 Å². The molecule has 166 valence electrons. The lowest BCUT2D eigenvalue weighted by atomic mass is 10.0. The summed E-state index contributed by atoms with van der Waals surface area (Å²) in [6.45, 7) is 2.04. The van der Waals surface area contributed by atoms with Crippen LogP contribution in [0, 0.1) is 0 Å². The lowest BCUT2D eigenvalue weighted by molar-refractivity contribution is -0.129. The van der Waals surface area contributed by atoms with Gasteiger partial charge >= 0.3 is 6.09 Å². The van der Waals surface area contributed by atoms with Gasteiger partial charge in [0.1, 0.15) is 0 Å². The normalized spacial score (nSPS) is 10.3. The summed E-state index contributed by atoms with van der Waals surface area (Å²) in [5.74, 6) is -0.453. The van der Waals surface area contributed by atoms with Crippen LogP contribution in [0.3, 0.4) is 0 Å². The van der Waals surface area contributed by atoms with Crippen LogP contribution < -0.4 is 16.1 Å². The second-order valence-electron chi connectivity index (χ2n) is 6.97. The third kappa shape index (κ3) is 8.47. The van der Waals surface area contributed by atoms with E-state index in [2.05, 4.69) is 10.6 Å². The predicted molar refractivity (Wildman–Crippen MR) is 119 cm³/mol. The molecule has 4 N–H and O–H groups in total. The Morgan fingerprint density at radius 1 is 0.839 bits per heavy atom. The van der Waals surface area contributed by atoms with Gasteiger partial charge in [-0.25, -0.2) is 10.3 Å². The number of unbranched alkanes of at least 4 members (excludes halogenated alkanes) is 3. The van der Waals surface area contributed by atoms with E-state index < -0.39 is 6.09 Å². The summed E-state index contributed by atoms with van der Waals surface area (Å²) in [5.41, 5.74) is 4.70. The number of nitrogens with one attached hydrogen (secondary N) is 3. The molecule has 2 rings (SSSR count). The van der Waals surface area contributed by atoms with Gasteiger partial charge in [-0.15, -0.1) is 0 Å². The Hall–Kier alpha value is -3.39. The maximum Gasteiger partial charge on any atom is 0.411 e. The van der Waals surface area contributed by atoms with Crippen molar-refractivity contribution in [1.82, 2.24) is 5.48 Å². The van der Waals surface area contributed by atoms with E-state index in [0.717, 1.165) is 30.4 Å². The molecule has 8 heteroatoms. The number of hydrogen-bond acceptors (Lipinski definition) is 5. The van der Waals surface area contributed by atoms with E-state index in [1.165, 1.54) is 0 Å². The molecule has 0 fully saturated rings. The van der Waals surface area contributed by atoms with Gasteiger partial charge in [0.05, 0.1) is 12.3 Å². The average Bonchev–Trinajstić information content (AvgIpc) is 2.77. The minimum absolute atomic E-state index is 0.0646. The second-order valence-corrected chi connectivity index (χ2v) is 6.97. The van der Waals surface area contributed by atoms with Crippen LogP contribution in [0.25, 0.3) is 11.1 Å². The Kier molecular flexibility index (Phi) is 10.0. The molecule has 2 aromatic carbocycles. The molecule has 0 heterocycles. The number of hydrogen-bond donors (Lipinski definition) is 4. The molecule has 0 aromatic heterocycles. The second kappa shape index (κ2) is 13.0. The summed E-state index contributed by atoms with van der Waals surface area (Å²) in [7, 11) is 0. The molecule has 8 nitrogen and oxygen atoms in total. The monoisotopic (exact) mass is 427 g/mol. The van der Waals surface area contributed by atoms with Crippen molar-refractivity contribution in [1.29, 1.82) is 0 Å². The molecule has 0 saturated carbocycles. The molecular weight excluding hydrogens is 398 g/mol. The molecule has 3 amide bonds. The number of para-hydroxylation sites is 1. The zero-order chi connectivity index (χ0) is 22.5. The fraction of sp³-hybridized carbons (Fsp3) is 0.348. The molecule has 0 aliphatic carbocycles. The lowest BCUT2D eigenvalue weighted by Crippen LogP contribution is -2.17. The van der Waals surface area contributed by atoms with Crippen molar-refractivity contribution < 1.29 is 24.3 Å². The number of hydroxylamine groups is 1. The number of amides is 3. The standard InChI is InChI=1S/C23H29N3O5/c1-2-31-23(29)25-20-10-8-7-9-19(20)17-13-15-18(16-14-17)24-21(27)11-5-3-4-6-12-22(28)26-30/h7-10,13-16,30H,2-6,11-12H2,1H3,(H,24,27)(H,25,29)(H,26,28). The summed E-state index contributed by atoms with van der Waals surface area (Å²) >= 11 is 0. The maximum absolute atomic E-state index is 12.1. The van der Waals surface area contributed by atoms with Crippen molar-refractivity contribution in [2.75, 3.05) is 17.2 Å². The van der Waals surface area contributed by atoms with Crippen LogP contribution in [-0.4, -0.2) is 29.7 Å². The quantitative estimate of drug-likeness (QED) is 0.235. The van der Waals surface area contributed by atoms with Crippen LogP contribution in [0.2, 0.25) is 0 Å². The van der Waals surface area contributed by atoms with Gasteiger partial charge in [0.15, 0.2) is 0 Å². The van der Waals surface area contributed by atoms with Crippen LogP contribution in [0.15, 0.2) is 48.5 Å². The lowest BCUT2D eigenvalue weighted by Gasteiger charge is -2.12. The van der Waals surface area contributed by atoms with Crippen LogP contribution >= 0.6 is 0 Å². The first-order valence-corrected chi connectivity index (χ1v) is 10.4. The third-order valence-electron chi connectivity index (χ3n) is 4.60. The van der Waals surface area contributed by atoms with E-state index >= 15 is 0 Å². The third-order valence-corrected chi connectivity index (χ3v) is 4.60. The highest BCUT2D eigenvalue weighted by atomic mass is 16.5. The zero-order valence-corrected chi connectivity index (χ0v) is 17.6. The maximum atomic E-state index is 12.1. The number of carbonyl (C=O) groups is 3. The Morgan fingerprint density at radius 2 is 1.48 bits per heavy atom. The van der Waals surface area contributed by atoms with E-state index in [1.807, 2.05) is 42.5 Å². The predicted octanol–water partition coefficient (Wildman–Crippen LogP) is 4.71. The molecule has 31 heavy (non-hydrogen) atoms. The molecule has 0 atom stereocenters. The number of anilines is 2. The van der Waals surface area contributed by atoms with E-state index in [0.29, 0.717) is 30.8 Å². The largest absolute Gasteiger partial charge is 0.450 e. The highest BCUT2D eigenvalue weighted by molar-refractivity contribution is 5.93. The fourth-order valence-electron chi connectivity index (χ4n) is 3.06. The summed E-state index contributed by atoms with van der Waals surface area (Å²) in [5, 5.41) is 14.0. The Balaban J connectivity index is 1.84. The molecular formula is C23H29N3O5. The van der Waals surface area contributed by atoms with Crippen molar-refractivity contribution in [3.63, 3.8) is 0 Å². The van der Waals surface area contributed by atoms with Gasteiger partial charge in [-0.05, 0) is 43.5 Å². The Morgan fingerprint density at radius 3 is 2.13 bits per heavy atom. The van der Waals surface area contributed by atoms with Crippen molar-refractivity contribution in [2.24, 2.45) is 0 Å². The minimum atomic E-state index is -0.504. The van der Waals surface area contributed by atoms with Crippen molar-refractivity contribution in [2.45, 2.75) is 45.4 Å². The smallest absolute Gasteiger partial charge is 0.411 e. The molecule has 0 unspecified atom stereocenters. The van der Waals surface area contributed by atoms with E-state index in [4.69, 9.17) is 9.94 Å². The first-order valence-electron chi connectivity index (χ1n) is 10.4. The van der Waals surface area contributed by atoms with E-state index in [9.17, 15) is 14.4 Å². The van der Waals surface area contributed by atoms with Crippen LogP contribution in [0.5, 0.6) is 0 Å². The molecule has 0 spiro atoms. The topological polar surface area (TPSA) is 117 Å². The van der Waals surface area contributed by atoms with Gasteiger partial charge in [0.2, 0.25) is 11.8 Å². The first-order chi connectivity index (χ1) is 15.0. The zero-order valence-electron chi connectivity index (χ0n) is 17.6. The summed E-state index contributed by atoms with van der Waals surface area (Å²) in [6.07, 6.45) is 3.27. The van der Waals surface area contributed by atoms with Gasteiger partial charge in [-0.3, -0.25) is 20.1 Å². The number of ether oxygens (including phenoxy) is 1. The average molecular weight is 428 g/mol. The Labute approximate surface area is 181 Å². The van der Waals surface area contributed by atoms with Gasteiger partial charge in [0.25, 0.3) is 0 Å². The van der Waals surface area contributed by atoms with Crippen LogP contribution in [0.4, 0.5) is 16.2 Å². The summed E-state index contributed by atoms with van der Waals surface area (Å²) < 4.78 is 4.94. The molecule has 0 radical (unpaired) electrons. The molecule has 0 aliphatic heterocycles. The minimum Gasteiger partial charge on any atom is -0.450 e. The van der Waals surface area contributed by atoms with E-state index in [-0.39, 0.29) is 18.2 Å². The fourth-order valence-corrected chi connectivity index (χ4v) is 3.06. The summed E-state index contributed by atoms with van der Waals surface area (Å²) in [4.78, 5) is 34.8. The first kappa shape index (κ1) is 23.9. The van der Waals surface area contributed by atoms with Crippen molar-refractivity contribution in [3.05, 3.63) is 48.5 Å². The van der Waals surface area contributed by atoms with Crippen molar-refractivity contribution in [3.8, 4) is 11.1 Å². The van der Waals surface area contributed by atoms with Crippen molar-refractivity contribution >= 4 is 29.3 Å². The molecule has 0 saturated heterocycles. The van der Waals surface area contributed by atoms with E-state index in [1.54, 1.807) is 18.5 Å². The number of benzene rings is 2. The SMILES string of the molecule is CCOC(=O)Nc1ccccc1-c1ccc(NC(=O)CCCCCCC(=O)NO)cc1. The molecule has 0 bridgehead atoms. The Bertz CT molecular complexity index is 868. The molecule has 2 aromatic rings. The highest BCUT2D eigenvalue weighted by Gasteiger charge is 2.09. The highest BCUT2D eigenvalue weighted by Crippen LogP contribution is 2.29. The van der Waals surface area contributed by atoms with Gasteiger partial charge < -0.3 is 10.1 Å².